The number of amides is 1. The molecule has 0 heterocycles. The van der Waals surface area contributed by atoms with Gasteiger partial charge in [0.2, 0.25) is 0 Å². The number of anilines is 1. The summed E-state index contributed by atoms with van der Waals surface area (Å²) in [6.45, 7) is 0. The summed E-state index contributed by atoms with van der Waals surface area (Å²) in [6.07, 6.45) is 0. The summed E-state index contributed by atoms with van der Waals surface area (Å²) >= 11 is 8.17. The first kappa shape index (κ1) is 21.0. The third-order valence-electron chi connectivity index (χ3n) is 4.49. The van der Waals surface area contributed by atoms with Crippen molar-refractivity contribution in [3.8, 4) is 0 Å². The van der Waals surface area contributed by atoms with E-state index in [4.69, 9.17) is 11.6 Å². The highest BCUT2D eigenvalue weighted by atomic mass is 127. The standard InChI is InChI=1S/C25H17ClINOS/c26-19-13-16-24(23(27)17-19)28-25(29)18-11-14-22(15-12-18)30(20-7-3-1-4-8-20)21-9-5-2-6-10-21/h1-17H/p+1. The monoisotopic (exact) mass is 542 g/mol. The Labute approximate surface area is 197 Å². The largest absolute Gasteiger partial charge is 0.321 e. The normalized spacial score (nSPS) is 10.8. The maximum Gasteiger partial charge on any atom is 0.255 e. The minimum Gasteiger partial charge on any atom is -0.321 e. The van der Waals surface area contributed by atoms with Crippen molar-refractivity contribution in [3.05, 3.63) is 117 Å². The van der Waals surface area contributed by atoms with E-state index in [0.717, 1.165) is 9.26 Å². The average molecular weight is 543 g/mol. The summed E-state index contributed by atoms with van der Waals surface area (Å²) in [5.74, 6) is -0.138. The molecule has 2 nitrogen and oxygen atoms in total. The van der Waals surface area contributed by atoms with Crippen LogP contribution in [0.25, 0.3) is 0 Å². The zero-order valence-corrected chi connectivity index (χ0v) is 19.6. The highest BCUT2D eigenvalue weighted by Crippen LogP contribution is 2.31. The Hall–Kier alpha value is -2.28. The number of benzene rings is 4. The van der Waals surface area contributed by atoms with Crippen LogP contribution in [0.4, 0.5) is 5.69 Å². The molecule has 0 atom stereocenters. The van der Waals surface area contributed by atoms with Crippen molar-refractivity contribution in [1.29, 1.82) is 0 Å². The van der Waals surface area contributed by atoms with E-state index in [-0.39, 0.29) is 16.8 Å². The van der Waals surface area contributed by atoms with Gasteiger partial charge in [-0.15, -0.1) is 0 Å². The second kappa shape index (κ2) is 9.69. The summed E-state index contributed by atoms with van der Waals surface area (Å²) in [5, 5.41) is 3.61. The van der Waals surface area contributed by atoms with Gasteiger partial charge < -0.3 is 5.32 Å². The molecule has 0 fully saturated rings. The van der Waals surface area contributed by atoms with Gasteiger partial charge in [0.05, 0.1) is 16.6 Å². The topological polar surface area (TPSA) is 29.1 Å². The van der Waals surface area contributed by atoms with Gasteiger partial charge >= 0.3 is 0 Å². The molecule has 0 spiro atoms. The third-order valence-corrected chi connectivity index (χ3v) is 7.85. The maximum absolute atomic E-state index is 12.7. The Kier molecular flexibility index (Phi) is 6.77. The molecule has 148 valence electrons. The minimum atomic E-state index is -0.228. The number of rotatable bonds is 5. The molecule has 5 heteroatoms. The van der Waals surface area contributed by atoms with Crippen molar-refractivity contribution in [2.45, 2.75) is 14.7 Å². The number of halogens is 2. The smallest absolute Gasteiger partial charge is 0.255 e. The molecule has 4 rings (SSSR count). The first-order valence-electron chi connectivity index (χ1n) is 9.33. The van der Waals surface area contributed by atoms with Gasteiger partial charge in [0, 0.05) is 14.2 Å². The Morgan fingerprint density at radius 1 is 0.733 bits per heavy atom. The van der Waals surface area contributed by atoms with E-state index in [1.165, 1.54) is 14.7 Å². The van der Waals surface area contributed by atoms with Crippen LogP contribution in [0.2, 0.25) is 5.02 Å². The molecule has 1 amide bonds. The van der Waals surface area contributed by atoms with Crippen LogP contribution in [0, 0.1) is 3.57 Å². The molecule has 0 bridgehead atoms. The second-order valence-electron chi connectivity index (χ2n) is 6.53. The van der Waals surface area contributed by atoms with Crippen molar-refractivity contribution in [1.82, 2.24) is 0 Å². The van der Waals surface area contributed by atoms with E-state index in [1.807, 2.05) is 48.5 Å². The lowest BCUT2D eigenvalue weighted by molar-refractivity contribution is 0.102. The number of nitrogens with one attached hydrogen (secondary N) is 1. The molecule has 0 aliphatic carbocycles. The number of hydrogen-bond acceptors (Lipinski definition) is 1. The zero-order chi connectivity index (χ0) is 20.9. The third kappa shape index (κ3) is 4.89. The summed E-state index contributed by atoms with van der Waals surface area (Å²) < 4.78 is 0.903. The van der Waals surface area contributed by atoms with E-state index >= 15 is 0 Å². The van der Waals surface area contributed by atoms with Crippen molar-refractivity contribution < 1.29 is 4.79 Å². The molecule has 1 N–H and O–H groups in total. The lowest BCUT2D eigenvalue weighted by Gasteiger charge is -2.10. The van der Waals surface area contributed by atoms with E-state index < -0.39 is 0 Å². The molecule has 4 aromatic carbocycles. The van der Waals surface area contributed by atoms with E-state index in [1.54, 1.807) is 6.07 Å². The zero-order valence-electron chi connectivity index (χ0n) is 15.9. The highest BCUT2D eigenvalue weighted by Gasteiger charge is 2.28. The van der Waals surface area contributed by atoms with Crippen LogP contribution in [0.3, 0.4) is 0 Å². The highest BCUT2D eigenvalue weighted by molar-refractivity contribution is 14.1. The molecule has 0 unspecified atom stereocenters. The SMILES string of the molecule is O=C(Nc1ccc(Cl)cc1I)c1ccc([S+](c2ccccc2)c2ccccc2)cc1. The number of hydrogen-bond donors (Lipinski definition) is 1. The lowest BCUT2D eigenvalue weighted by Crippen LogP contribution is -2.13. The van der Waals surface area contributed by atoms with Crippen LogP contribution in [0.5, 0.6) is 0 Å². The van der Waals surface area contributed by atoms with Gasteiger partial charge in [-0.1, -0.05) is 48.0 Å². The summed E-state index contributed by atoms with van der Waals surface area (Å²) in [4.78, 5) is 16.4. The van der Waals surface area contributed by atoms with Crippen molar-refractivity contribution >= 4 is 56.7 Å². The molecule has 30 heavy (non-hydrogen) atoms. The van der Waals surface area contributed by atoms with Crippen LogP contribution in [0.15, 0.2) is 118 Å². The van der Waals surface area contributed by atoms with E-state index in [9.17, 15) is 4.79 Å². The van der Waals surface area contributed by atoms with Gasteiger partial charge in [0.15, 0.2) is 14.7 Å². The second-order valence-corrected chi connectivity index (χ2v) is 10.2. The van der Waals surface area contributed by atoms with Gasteiger partial charge in [-0.2, -0.15) is 0 Å². The van der Waals surface area contributed by atoms with E-state index in [0.29, 0.717) is 10.6 Å². The molecular formula is C25H18ClINOS+. The van der Waals surface area contributed by atoms with Crippen molar-refractivity contribution in [3.63, 3.8) is 0 Å². The Balaban J connectivity index is 1.61. The molecule has 0 radical (unpaired) electrons. The molecule has 0 aliphatic heterocycles. The van der Waals surface area contributed by atoms with E-state index in [2.05, 4.69) is 76.4 Å². The predicted molar refractivity (Wildman–Crippen MR) is 134 cm³/mol. The van der Waals surface area contributed by atoms with Gasteiger partial charge in [0.1, 0.15) is 0 Å². The van der Waals surface area contributed by atoms with Crippen LogP contribution in [-0.4, -0.2) is 5.91 Å². The van der Waals surface area contributed by atoms with Gasteiger partial charge in [-0.25, -0.2) is 0 Å². The van der Waals surface area contributed by atoms with Crippen LogP contribution in [0.1, 0.15) is 10.4 Å². The quantitative estimate of drug-likeness (QED) is 0.208. The summed E-state index contributed by atoms with van der Waals surface area (Å²) in [7, 11) is -0.228. The Morgan fingerprint density at radius 3 is 1.80 bits per heavy atom. The summed E-state index contributed by atoms with van der Waals surface area (Å²) in [6, 6.07) is 34.2. The Morgan fingerprint density at radius 2 is 1.27 bits per heavy atom. The first-order valence-corrected chi connectivity index (χ1v) is 12.0. The number of carbonyl (C=O) groups excluding carboxylic acids is 1. The van der Waals surface area contributed by atoms with Crippen LogP contribution in [-0.2, 0) is 10.9 Å². The lowest BCUT2D eigenvalue weighted by atomic mass is 10.2. The maximum atomic E-state index is 12.7. The fourth-order valence-corrected chi connectivity index (χ4v) is 6.14. The fraction of sp³-hybridized carbons (Fsp3) is 0. The van der Waals surface area contributed by atoms with Crippen LogP contribution < -0.4 is 5.32 Å². The number of carbonyl (C=O) groups is 1. The minimum absolute atomic E-state index is 0.138. The average Bonchev–Trinajstić information content (AvgIpc) is 2.78. The Bertz CT molecular complexity index is 1110. The predicted octanol–water partition coefficient (Wildman–Crippen LogP) is 7.29. The van der Waals surface area contributed by atoms with Crippen molar-refractivity contribution in [2.75, 3.05) is 5.32 Å². The molecule has 0 aromatic heterocycles. The van der Waals surface area contributed by atoms with Gasteiger partial charge in [-0.05, 0) is 89.3 Å². The fourth-order valence-electron chi connectivity index (χ4n) is 3.05. The molecule has 4 aromatic rings. The van der Waals surface area contributed by atoms with Crippen LogP contribution >= 0.6 is 34.2 Å². The molecule has 0 saturated heterocycles. The molecule has 0 saturated carbocycles. The first-order chi connectivity index (χ1) is 14.6. The van der Waals surface area contributed by atoms with Crippen molar-refractivity contribution in [2.24, 2.45) is 0 Å². The molecule has 0 aliphatic rings. The molecular weight excluding hydrogens is 525 g/mol. The van der Waals surface area contributed by atoms with Gasteiger partial charge in [0.25, 0.3) is 5.91 Å². The summed E-state index contributed by atoms with van der Waals surface area (Å²) in [5.41, 5.74) is 1.37. The van der Waals surface area contributed by atoms with Gasteiger partial charge in [-0.3, -0.25) is 4.79 Å².